The Hall–Kier alpha value is -1.46. The third-order valence-corrected chi connectivity index (χ3v) is 5.44. The van der Waals surface area contributed by atoms with E-state index in [4.69, 9.17) is 0 Å². The SMILES string of the molecule is [CH3][Sn]([CH3])([CH3])[C]#CC#Cc1ccc(N=NN2CCCC2)cc1. The Labute approximate surface area is 131 Å². The molecule has 0 spiro atoms. The fourth-order valence-electron chi connectivity index (χ4n) is 1.84. The van der Waals surface area contributed by atoms with E-state index in [2.05, 4.69) is 46.9 Å². The Morgan fingerprint density at radius 2 is 1.67 bits per heavy atom. The Morgan fingerprint density at radius 1 is 1.00 bits per heavy atom. The van der Waals surface area contributed by atoms with Crippen molar-refractivity contribution in [2.24, 2.45) is 10.3 Å². The molecule has 0 amide bonds. The fraction of sp³-hybridized carbons (Fsp3) is 0.412. The van der Waals surface area contributed by atoms with E-state index in [-0.39, 0.29) is 0 Å². The van der Waals surface area contributed by atoms with Crippen LogP contribution in [0.25, 0.3) is 0 Å². The summed E-state index contributed by atoms with van der Waals surface area (Å²) in [5, 5.41) is 10.5. The van der Waals surface area contributed by atoms with Crippen LogP contribution in [-0.2, 0) is 0 Å². The van der Waals surface area contributed by atoms with Crippen LogP contribution in [0.5, 0.6) is 0 Å². The van der Waals surface area contributed by atoms with Gasteiger partial charge in [-0.25, -0.2) is 0 Å². The van der Waals surface area contributed by atoms with Gasteiger partial charge < -0.3 is 0 Å². The molecule has 1 heterocycles. The van der Waals surface area contributed by atoms with Gasteiger partial charge in [-0.1, -0.05) is 0 Å². The molecule has 0 radical (unpaired) electrons. The molecule has 1 fully saturated rings. The second-order valence-electron chi connectivity index (χ2n) is 6.15. The zero-order chi connectivity index (χ0) is 15.1. The van der Waals surface area contributed by atoms with Gasteiger partial charge in [0.15, 0.2) is 0 Å². The maximum atomic E-state index is 4.24. The summed E-state index contributed by atoms with van der Waals surface area (Å²) in [6.45, 7) is 2.04. The summed E-state index contributed by atoms with van der Waals surface area (Å²) in [5.41, 5.74) is 1.83. The monoisotopic (exact) mass is 387 g/mol. The second kappa shape index (κ2) is 7.52. The molecule has 0 atom stereocenters. The Balaban J connectivity index is 1.95. The van der Waals surface area contributed by atoms with Gasteiger partial charge in [-0.05, 0) is 12.8 Å². The maximum absolute atomic E-state index is 4.24. The van der Waals surface area contributed by atoms with Crippen molar-refractivity contribution in [3.8, 4) is 21.7 Å². The zero-order valence-electron chi connectivity index (χ0n) is 13.0. The van der Waals surface area contributed by atoms with Crippen molar-refractivity contribution < 1.29 is 0 Å². The van der Waals surface area contributed by atoms with E-state index in [0.29, 0.717) is 0 Å². The molecule has 3 nitrogen and oxygen atoms in total. The first kappa shape index (κ1) is 15.9. The van der Waals surface area contributed by atoms with Crippen LogP contribution in [-0.4, -0.2) is 36.5 Å². The summed E-state index contributed by atoms with van der Waals surface area (Å²) in [5.74, 6) is 8.99. The van der Waals surface area contributed by atoms with Crippen molar-refractivity contribution in [1.82, 2.24) is 5.01 Å². The number of hydrogen-bond donors (Lipinski definition) is 0. The van der Waals surface area contributed by atoms with Crippen LogP contribution >= 0.6 is 0 Å². The van der Waals surface area contributed by atoms with Crippen LogP contribution in [0.3, 0.4) is 0 Å². The van der Waals surface area contributed by atoms with Gasteiger partial charge in [-0.15, -0.1) is 0 Å². The molecule has 1 saturated heterocycles. The minimum atomic E-state index is -2.00. The second-order valence-corrected chi connectivity index (χ2v) is 19.7. The van der Waals surface area contributed by atoms with Gasteiger partial charge in [0.25, 0.3) is 0 Å². The molecular weight excluding hydrogens is 365 g/mol. The van der Waals surface area contributed by atoms with E-state index >= 15 is 0 Å². The molecule has 0 aromatic heterocycles. The Bertz CT molecular complexity index is 612. The zero-order valence-corrected chi connectivity index (χ0v) is 15.8. The summed E-state index contributed by atoms with van der Waals surface area (Å²) in [7, 11) is 0. The molecule has 4 heteroatoms. The van der Waals surface area contributed by atoms with Crippen molar-refractivity contribution in [1.29, 1.82) is 0 Å². The van der Waals surface area contributed by atoms with Gasteiger partial charge in [0.05, 0.1) is 0 Å². The molecule has 0 saturated carbocycles. The molecule has 1 aliphatic heterocycles. The molecule has 1 aromatic carbocycles. The van der Waals surface area contributed by atoms with E-state index in [0.717, 1.165) is 24.3 Å². The van der Waals surface area contributed by atoms with Crippen LogP contribution in [0.15, 0.2) is 34.6 Å². The predicted molar refractivity (Wildman–Crippen MR) is 89.8 cm³/mol. The first-order chi connectivity index (χ1) is 10.0. The van der Waals surface area contributed by atoms with Gasteiger partial charge in [0.2, 0.25) is 0 Å². The fourth-order valence-corrected chi connectivity index (χ4v) is 3.09. The first-order valence-electron chi connectivity index (χ1n) is 7.33. The summed E-state index contributed by atoms with van der Waals surface area (Å²) < 4.78 is 3.30. The van der Waals surface area contributed by atoms with E-state index in [1.165, 1.54) is 12.8 Å². The first-order valence-corrected chi connectivity index (χ1v) is 17.3. The normalized spacial score (nSPS) is 14.5. The number of nitrogens with zero attached hydrogens (tertiary/aromatic N) is 3. The van der Waals surface area contributed by atoms with Gasteiger partial charge >= 0.3 is 119 Å². The molecular formula is C17H21N3Sn. The van der Waals surface area contributed by atoms with Gasteiger partial charge in [-0.3, -0.25) is 0 Å². The summed E-state index contributed by atoms with van der Waals surface area (Å²) in [4.78, 5) is 6.84. The molecule has 0 N–H and O–H groups in total. The van der Waals surface area contributed by atoms with Crippen LogP contribution in [0, 0.1) is 21.7 Å². The van der Waals surface area contributed by atoms with Crippen molar-refractivity contribution in [3.05, 3.63) is 29.8 Å². The van der Waals surface area contributed by atoms with Crippen LogP contribution in [0.4, 0.5) is 5.69 Å². The third-order valence-electron chi connectivity index (χ3n) is 2.94. The van der Waals surface area contributed by atoms with Crippen molar-refractivity contribution in [2.75, 3.05) is 13.1 Å². The molecule has 0 aliphatic carbocycles. The van der Waals surface area contributed by atoms with Crippen LogP contribution in [0.1, 0.15) is 18.4 Å². The third kappa shape index (κ3) is 6.23. The van der Waals surface area contributed by atoms with E-state index in [1.807, 2.05) is 29.3 Å². The molecule has 21 heavy (non-hydrogen) atoms. The minimum absolute atomic E-state index is 0.865. The molecule has 108 valence electrons. The molecule has 1 aromatic rings. The van der Waals surface area contributed by atoms with Crippen LogP contribution < -0.4 is 0 Å². The molecule has 1 aliphatic rings. The van der Waals surface area contributed by atoms with E-state index < -0.39 is 18.4 Å². The quantitative estimate of drug-likeness (QED) is 0.429. The average molecular weight is 386 g/mol. The predicted octanol–water partition coefficient (Wildman–Crippen LogP) is 4.01. The summed E-state index contributed by atoms with van der Waals surface area (Å²) >= 11 is -2.00. The van der Waals surface area contributed by atoms with Crippen molar-refractivity contribution >= 4 is 24.1 Å². The standard InChI is InChI=1S/C14H12N3.3CH3.Sn/c1-2-3-6-13-7-9-14(10-8-13)15-16-17-11-4-5-12-17;;;;/h7-10H,4-5,11-12H2;3*1H3;. The molecule has 2 rings (SSSR count). The van der Waals surface area contributed by atoms with E-state index in [9.17, 15) is 0 Å². The Kier molecular flexibility index (Phi) is 5.70. The van der Waals surface area contributed by atoms with Gasteiger partial charge in [0.1, 0.15) is 0 Å². The van der Waals surface area contributed by atoms with Gasteiger partial charge in [-0.2, -0.15) is 0 Å². The number of hydrogen-bond acceptors (Lipinski definition) is 2. The van der Waals surface area contributed by atoms with E-state index in [1.54, 1.807) is 0 Å². The van der Waals surface area contributed by atoms with Crippen LogP contribution in [0.2, 0.25) is 14.8 Å². The molecule has 0 unspecified atom stereocenters. The summed E-state index contributed by atoms with van der Waals surface area (Å²) in [6.07, 6.45) is 2.43. The van der Waals surface area contributed by atoms with Crippen molar-refractivity contribution in [2.45, 2.75) is 27.7 Å². The van der Waals surface area contributed by atoms with Gasteiger partial charge in [0, 0.05) is 0 Å². The average Bonchev–Trinajstić information content (AvgIpc) is 2.95. The van der Waals surface area contributed by atoms with Crippen molar-refractivity contribution in [3.63, 3.8) is 0 Å². The summed E-state index contributed by atoms with van der Waals surface area (Å²) in [6, 6.07) is 7.82. The Morgan fingerprint density at radius 3 is 2.29 bits per heavy atom. The number of benzene rings is 1. The molecule has 0 bridgehead atoms. The topological polar surface area (TPSA) is 28.0 Å². The number of rotatable bonds is 2.